The van der Waals surface area contributed by atoms with Gasteiger partial charge in [0.05, 0.1) is 5.03 Å². The van der Waals surface area contributed by atoms with E-state index in [0.717, 1.165) is 0 Å². The Hall–Kier alpha value is -0.880. The molecule has 0 radical (unpaired) electrons. The van der Waals surface area contributed by atoms with Crippen molar-refractivity contribution >= 4 is 25.3 Å². The first-order valence-corrected chi connectivity index (χ1v) is 6.33. The zero-order valence-electron chi connectivity index (χ0n) is 7.35. The summed E-state index contributed by atoms with van der Waals surface area (Å²) in [7, 11) is -4.67. The highest BCUT2D eigenvalue weighted by Crippen LogP contribution is 2.49. The van der Waals surface area contributed by atoms with Crippen LogP contribution in [0.4, 0.5) is 0 Å². The Morgan fingerprint density at radius 3 is 2.53 bits per heavy atom. The molecule has 0 aliphatic rings. The minimum Gasteiger partial charge on any atom is -0.480 e. The fourth-order valence-corrected chi connectivity index (χ4v) is 2.56. The molecule has 1 unspecified atom stereocenters. The Balaban J connectivity index is 2.86. The van der Waals surface area contributed by atoms with Gasteiger partial charge in [0.25, 0.3) is 0 Å². The summed E-state index contributed by atoms with van der Waals surface area (Å²) >= 11 is 0.530. The molecule has 0 amide bonds. The van der Waals surface area contributed by atoms with Crippen molar-refractivity contribution in [2.75, 3.05) is 0 Å². The number of rotatable bonds is 4. The van der Waals surface area contributed by atoms with Crippen molar-refractivity contribution < 1.29 is 24.3 Å². The van der Waals surface area contributed by atoms with Gasteiger partial charge in [-0.25, -0.2) is 4.98 Å². The van der Waals surface area contributed by atoms with E-state index in [1.165, 1.54) is 12.3 Å². The summed E-state index contributed by atoms with van der Waals surface area (Å²) in [5.74, 6) is -1.56. The van der Waals surface area contributed by atoms with Crippen LogP contribution in [-0.2, 0) is 9.36 Å². The normalized spacial score (nSPS) is 13.5. The summed E-state index contributed by atoms with van der Waals surface area (Å²) in [6.07, 6.45) is 1.42. The first-order chi connectivity index (χ1) is 6.91. The van der Waals surface area contributed by atoms with Crippen LogP contribution in [0.5, 0.6) is 0 Å². The molecule has 1 heterocycles. The molecular weight excluding hydrogens is 241 g/mol. The second-order valence-electron chi connectivity index (χ2n) is 2.57. The molecular formula is C7H8NO5PS. The lowest BCUT2D eigenvalue weighted by atomic mass is 10.5. The van der Waals surface area contributed by atoms with E-state index < -0.39 is 18.6 Å². The van der Waals surface area contributed by atoms with Gasteiger partial charge in [-0.2, -0.15) is 0 Å². The average molecular weight is 249 g/mol. The van der Waals surface area contributed by atoms with E-state index in [1.54, 1.807) is 12.1 Å². The SMILES string of the molecule is O=C(O)C(Sc1ccccn1)P(=O)(O)O. The smallest absolute Gasteiger partial charge is 0.350 e. The largest absolute Gasteiger partial charge is 0.480 e. The summed E-state index contributed by atoms with van der Waals surface area (Å²) in [4.78, 5) is 30.1. The lowest BCUT2D eigenvalue weighted by Gasteiger charge is -2.12. The van der Waals surface area contributed by atoms with Gasteiger partial charge in [-0.05, 0) is 12.1 Å². The molecule has 0 spiro atoms. The molecule has 0 fully saturated rings. The third kappa shape index (κ3) is 3.64. The number of thioether (sulfide) groups is 1. The predicted molar refractivity (Wildman–Crippen MR) is 53.6 cm³/mol. The number of aromatic nitrogens is 1. The van der Waals surface area contributed by atoms with E-state index in [0.29, 0.717) is 11.8 Å². The van der Waals surface area contributed by atoms with E-state index in [9.17, 15) is 9.36 Å². The Morgan fingerprint density at radius 1 is 1.47 bits per heavy atom. The highest BCUT2D eigenvalue weighted by Gasteiger charge is 2.37. The minimum atomic E-state index is -4.67. The fraction of sp³-hybridized carbons (Fsp3) is 0.143. The molecule has 1 rings (SSSR count). The van der Waals surface area contributed by atoms with Gasteiger partial charge in [-0.15, -0.1) is 0 Å². The van der Waals surface area contributed by atoms with Crippen molar-refractivity contribution in [2.24, 2.45) is 0 Å². The zero-order valence-corrected chi connectivity index (χ0v) is 9.06. The fourth-order valence-electron chi connectivity index (χ4n) is 0.794. The summed E-state index contributed by atoms with van der Waals surface area (Å²) in [6.45, 7) is 0. The van der Waals surface area contributed by atoms with Crippen molar-refractivity contribution in [1.82, 2.24) is 4.98 Å². The maximum atomic E-state index is 10.8. The molecule has 0 bridgehead atoms. The van der Waals surface area contributed by atoms with Crippen molar-refractivity contribution in [3.63, 3.8) is 0 Å². The summed E-state index contributed by atoms with van der Waals surface area (Å²) < 4.78 is 10.8. The van der Waals surface area contributed by atoms with Crippen LogP contribution in [-0.4, -0.2) is 30.8 Å². The molecule has 6 nitrogen and oxygen atoms in total. The van der Waals surface area contributed by atoms with Crippen LogP contribution in [0.3, 0.4) is 0 Å². The van der Waals surface area contributed by atoms with E-state index in [-0.39, 0.29) is 5.03 Å². The van der Waals surface area contributed by atoms with E-state index in [4.69, 9.17) is 14.9 Å². The molecule has 82 valence electrons. The minimum absolute atomic E-state index is 0.258. The van der Waals surface area contributed by atoms with Crippen molar-refractivity contribution in [3.05, 3.63) is 24.4 Å². The maximum absolute atomic E-state index is 10.8. The van der Waals surface area contributed by atoms with Gasteiger partial charge in [0, 0.05) is 6.20 Å². The Bertz CT molecular complexity index is 392. The number of hydrogen-bond donors (Lipinski definition) is 3. The van der Waals surface area contributed by atoms with Gasteiger partial charge in [-0.3, -0.25) is 9.36 Å². The number of carboxylic acids is 1. The van der Waals surface area contributed by atoms with Crippen molar-refractivity contribution in [1.29, 1.82) is 0 Å². The first kappa shape index (κ1) is 12.2. The summed E-state index contributed by atoms with van der Waals surface area (Å²) in [6, 6.07) is 4.71. The second kappa shape index (κ2) is 4.76. The Labute approximate surface area is 89.5 Å². The molecule has 0 aliphatic carbocycles. The summed E-state index contributed by atoms with van der Waals surface area (Å²) in [5.41, 5.74) is 0. The number of hydrogen-bond acceptors (Lipinski definition) is 4. The van der Waals surface area contributed by atoms with Crippen molar-refractivity contribution in [3.8, 4) is 0 Å². The third-order valence-corrected chi connectivity index (χ3v) is 4.27. The molecule has 1 aromatic rings. The summed E-state index contributed by atoms with van der Waals surface area (Å²) in [5, 5.41) is 8.89. The molecule has 0 saturated carbocycles. The number of carbonyl (C=O) groups is 1. The quantitative estimate of drug-likeness (QED) is 0.534. The lowest BCUT2D eigenvalue weighted by Crippen LogP contribution is -2.16. The molecule has 0 aliphatic heterocycles. The monoisotopic (exact) mass is 249 g/mol. The third-order valence-electron chi connectivity index (χ3n) is 1.39. The molecule has 1 atom stereocenters. The zero-order chi connectivity index (χ0) is 11.5. The van der Waals surface area contributed by atoms with Gasteiger partial charge >= 0.3 is 13.6 Å². The molecule has 0 saturated heterocycles. The topological polar surface area (TPSA) is 108 Å². The van der Waals surface area contributed by atoms with Crippen LogP contribution < -0.4 is 0 Å². The standard InChI is InChI=1S/C7H8NO5PS/c9-6(10)7(14(11,12)13)15-5-3-1-2-4-8-5/h1-4,7H,(H,9,10)(H2,11,12,13). The van der Waals surface area contributed by atoms with Crippen molar-refractivity contribution in [2.45, 2.75) is 10.0 Å². The molecule has 15 heavy (non-hydrogen) atoms. The highest BCUT2D eigenvalue weighted by atomic mass is 32.2. The lowest BCUT2D eigenvalue weighted by molar-refractivity contribution is -0.135. The van der Waals surface area contributed by atoms with Crippen LogP contribution in [0.2, 0.25) is 0 Å². The van der Waals surface area contributed by atoms with Gasteiger partial charge in [-0.1, -0.05) is 17.8 Å². The molecule has 0 aromatic carbocycles. The first-order valence-electron chi connectivity index (χ1n) is 3.77. The Morgan fingerprint density at radius 2 is 2.13 bits per heavy atom. The predicted octanol–water partition coefficient (Wildman–Crippen LogP) is 0.762. The van der Waals surface area contributed by atoms with Gasteiger partial charge < -0.3 is 14.9 Å². The average Bonchev–Trinajstić information content (AvgIpc) is 2.13. The van der Waals surface area contributed by atoms with Gasteiger partial charge in [0.1, 0.15) is 0 Å². The Kier molecular flexibility index (Phi) is 3.87. The van der Waals surface area contributed by atoms with Crippen LogP contribution in [0, 0.1) is 0 Å². The number of aliphatic carboxylic acids is 1. The number of pyridine rings is 1. The number of carboxylic acid groups (broad SMARTS) is 1. The van der Waals surface area contributed by atoms with Crippen LogP contribution in [0.25, 0.3) is 0 Å². The molecule has 3 N–H and O–H groups in total. The van der Waals surface area contributed by atoms with Crippen LogP contribution in [0.15, 0.2) is 29.4 Å². The molecule has 1 aromatic heterocycles. The van der Waals surface area contributed by atoms with Crippen LogP contribution in [0.1, 0.15) is 0 Å². The van der Waals surface area contributed by atoms with E-state index in [2.05, 4.69) is 4.98 Å². The van der Waals surface area contributed by atoms with E-state index in [1.807, 2.05) is 0 Å². The van der Waals surface area contributed by atoms with E-state index >= 15 is 0 Å². The van der Waals surface area contributed by atoms with Crippen LogP contribution >= 0.6 is 19.4 Å². The molecule has 8 heteroatoms. The second-order valence-corrected chi connectivity index (χ2v) is 5.73. The number of nitrogens with zero attached hydrogens (tertiary/aromatic N) is 1. The van der Waals surface area contributed by atoms with Gasteiger partial charge in [0.15, 0.2) is 0 Å². The van der Waals surface area contributed by atoms with Gasteiger partial charge in [0.2, 0.25) is 4.99 Å². The highest BCUT2D eigenvalue weighted by molar-refractivity contribution is 8.06. The maximum Gasteiger partial charge on any atom is 0.350 e.